The molecule has 6 nitrogen and oxygen atoms in total. The first-order valence-electron chi connectivity index (χ1n) is 9.12. The molecule has 28 heavy (non-hydrogen) atoms. The number of amides is 1. The molecule has 1 amide bonds. The summed E-state index contributed by atoms with van der Waals surface area (Å²) < 4.78 is 7.78. The molecular weight excluding hydrogens is 372 g/mol. The molecule has 3 rings (SSSR count). The lowest BCUT2D eigenvalue weighted by atomic mass is 10.1. The molecule has 0 saturated carbocycles. The van der Waals surface area contributed by atoms with Crippen molar-refractivity contribution in [2.24, 2.45) is 7.05 Å². The van der Waals surface area contributed by atoms with Gasteiger partial charge in [-0.2, -0.15) is 0 Å². The summed E-state index contributed by atoms with van der Waals surface area (Å²) in [5.74, 6) is 1.72. The summed E-state index contributed by atoms with van der Waals surface area (Å²) in [5, 5.41) is 12.1. The Morgan fingerprint density at radius 2 is 1.71 bits per heavy atom. The zero-order valence-electron chi connectivity index (χ0n) is 16.2. The van der Waals surface area contributed by atoms with Crippen molar-refractivity contribution in [1.29, 1.82) is 0 Å². The maximum atomic E-state index is 12.3. The van der Waals surface area contributed by atoms with Crippen molar-refractivity contribution in [1.82, 2.24) is 20.1 Å². The number of nitrogens with one attached hydrogen (secondary N) is 1. The topological polar surface area (TPSA) is 69.0 Å². The summed E-state index contributed by atoms with van der Waals surface area (Å²) in [6, 6.07) is 19.5. The van der Waals surface area contributed by atoms with E-state index >= 15 is 0 Å². The van der Waals surface area contributed by atoms with Gasteiger partial charge in [0.05, 0.1) is 11.8 Å². The van der Waals surface area contributed by atoms with Crippen molar-refractivity contribution >= 4 is 17.7 Å². The first-order valence-corrected chi connectivity index (χ1v) is 10.1. The number of benzene rings is 2. The van der Waals surface area contributed by atoms with Crippen LogP contribution in [0.2, 0.25) is 0 Å². The highest BCUT2D eigenvalue weighted by atomic mass is 32.2. The van der Waals surface area contributed by atoms with Gasteiger partial charge in [-0.05, 0) is 31.5 Å². The number of para-hydroxylation sites is 1. The summed E-state index contributed by atoms with van der Waals surface area (Å²) in [6.07, 6.45) is -0.249. The lowest BCUT2D eigenvalue weighted by Gasteiger charge is -2.15. The molecule has 0 radical (unpaired) electrons. The van der Waals surface area contributed by atoms with Gasteiger partial charge in [0.1, 0.15) is 5.75 Å². The Bertz CT molecular complexity index is 899. The monoisotopic (exact) mass is 396 g/mol. The largest absolute Gasteiger partial charge is 0.483 e. The molecule has 1 aromatic heterocycles. The van der Waals surface area contributed by atoms with Gasteiger partial charge in [-0.25, -0.2) is 0 Å². The second-order valence-corrected chi connectivity index (χ2v) is 7.40. The highest BCUT2D eigenvalue weighted by Gasteiger charge is 2.18. The molecule has 0 bridgehead atoms. The van der Waals surface area contributed by atoms with E-state index in [1.807, 2.05) is 86.1 Å². The molecule has 0 fully saturated rings. The highest BCUT2D eigenvalue weighted by Crippen LogP contribution is 2.23. The Morgan fingerprint density at radius 1 is 1.07 bits per heavy atom. The molecule has 3 aromatic rings. The minimum absolute atomic E-state index is 0.0383. The molecule has 0 spiro atoms. The molecule has 0 saturated heterocycles. The average molecular weight is 397 g/mol. The van der Waals surface area contributed by atoms with Crippen molar-refractivity contribution in [2.45, 2.75) is 31.1 Å². The Balaban J connectivity index is 1.54. The fourth-order valence-electron chi connectivity index (χ4n) is 2.80. The average Bonchev–Trinajstić information content (AvgIpc) is 3.08. The third-order valence-corrected chi connectivity index (χ3v) is 5.32. The first kappa shape index (κ1) is 19.9. The van der Waals surface area contributed by atoms with E-state index in [1.165, 1.54) is 11.8 Å². The van der Waals surface area contributed by atoms with Crippen LogP contribution in [-0.4, -0.2) is 26.4 Å². The van der Waals surface area contributed by atoms with E-state index in [0.717, 1.165) is 11.3 Å². The zero-order valence-corrected chi connectivity index (χ0v) is 17.0. The van der Waals surface area contributed by atoms with E-state index in [0.29, 0.717) is 11.0 Å². The van der Waals surface area contributed by atoms with Gasteiger partial charge in [0.2, 0.25) is 5.91 Å². The number of carbonyl (C=O) groups excluding carboxylic acids is 1. The maximum absolute atomic E-state index is 12.3. The number of aromatic nitrogens is 3. The van der Waals surface area contributed by atoms with Crippen molar-refractivity contribution in [3.05, 3.63) is 72.1 Å². The number of carbonyl (C=O) groups is 1. The summed E-state index contributed by atoms with van der Waals surface area (Å²) in [4.78, 5) is 12.3. The summed E-state index contributed by atoms with van der Waals surface area (Å²) in [7, 11) is 1.88. The predicted octanol–water partition coefficient (Wildman–Crippen LogP) is 3.92. The van der Waals surface area contributed by atoms with Crippen molar-refractivity contribution < 1.29 is 9.53 Å². The van der Waals surface area contributed by atoms with Crippen LogP contribution in [0.25, 0.3) is 0 Å². The molecule has 1 heterocycles. The molecule has 0 aliphatic rings. The van der Waals surface area contributed by atoms with Crippen LogP contribution in [0.5, 0.6) is 5.75 Å². The summed E-state index contributed by atoms with van der Waals surface area (Å²) in [6.45, 7) is 3.90. The Hall–Kier alpha value is -2.80. The smallest absolute Gasteiger partial charge is 0.230 e. The van der Waals surface area contributed by atoms with Crippen LogP contribution in [-0.2, 0) is 11.8 Å². The first-order chi connectivity index (χ1) is 13.5. The molecule has 2 aromatic carbocycles. The molecular formula is C21H24N4O2S. The van der Waals surface area contributed by atoms with Gasteiger partial charge >= 0.3 is 0 Å². The van der Waals surface area contributed by atoms with Gasteiger partial charge in [-0.15, -0.1) is 10.2 Å². The highest BCUT2D eigenvalue weighted by molar-refractivity contribution is 7.99. The van der Waals surface area contributed by atoms with E-state index in [4.69, 9.17) is 4.74 Å². The molecule has 0 unspecified atom stereocenters. The third kappa shape index (κ3) is 5.13. The normalized spacial score (nSPS) is 13.0. The van der Waals surface area contributed by atoms with Gasteiger partial charge < -0.3 is 14.6 Å². The molecule has 146 valence electrons. The Kier molecular flexibility index (Phi) is 6.71. The quantitative estimate of drug-likeness (QED) is 0.585. The minimum Gasteiger partial charge on any atom is -0.483 e. The van der Waals surface area contributed by atoms with Gasteiger partial charge in [-0.1, -0.05) is 60.3 Å². The second-order valence-electron chi connectivity index (χ2n) is 6.46. The molecule has 0 aliphatic carbocycles. The van der Waals surface area contributed by atoms with E-state index in [2.05, 4.69) is 15.5 Å². The second kappa shape index (κ2) is 9.41. The van der Waals surface area contributed by atoms with Crippen LogP contribution in [0.15, 0.2) is 65.8 Å². The lowest BCUT2D eigenvalue weighted by molar-refractivity contribution is -0.119. The number of ether oxygens (including phenoxy) is 1. The number of nitrogens with zero attached hydrogens (tertiary/aromatic N) is 3. The summed E-state index contributed by atoms with van der Waals surface area (Å²) >= 11 is 1.36. The standard InChI is InChI=1S/C21H24N4O2S/c1-15(17-10-6-4-7-11-17)22-19(26)14-28-21-24-23-20(25(21)3)16(2)27-18-12-8-5-9-13-18/h4-13,15-16H,14H2,1-3H3,(H,22,26)/t15-,16+/m0/s1. The SMILES string of the molecule is C[C@H](NC(=O)CSc1nnc([C@@H](C)Oc2ccccc2)n1C)c1ccccc1. The fraction of sp³-hybridized carbons (Fsp3) is 0.286. The molecule has 2 atom stereocenters. The van der Waals surface area contributed by atoms with Crippen LogP contribution >= 0.6 is 11.8 Å². The van der Waals surface area contributed by atoms with Crippen LogP contribution in [0.3, 0.4) is 0 Å². The van der Waals surface area contributed by atoms with E-state index in [-0.39, 0.29) is 23.8 Å². The van der Waals surface area contributed by atoms with Crippen LogP contribution < -0.4 is 10.1 Å². The van der Waals surface area contributed by atoms with E-state index in [9.17, 15) is 4.79 Å². The molecule has 7 heteroatoms. The number of hydrogen-bond acceptors (Lipinski definition) is 5. The minimum atomic E-state index is -0.249. The number of thioether (sulfide) groups is 1. The van der Waals surface area contributed by atoms with Gasteiger partial charge in [-0.3, -0.25) is 4.79 Å². The number of rotatable bonds is 8. The third-order valence-electron chi connectivity index (χ3n) is 4.30. The molecule has 1 N–H and O–H groups in total. The van der Waals surface area contributed by atoms with E-state index in [1.54, 1.807) is 0 Å². The zero-order chi connectivity index (χ0) is 19.9. The molecule has 0 aliphatic heterocycles. The van der Waals surface area contributed by atoms with Gasteiger partial charge in [0, 0.05) is 7.05 Å². The van der Waals surface area contributed by atoms with Crippen LogP contribution in [0.4, 0.5) is 0 Å². The van der Waals surface area contributed by atoms with Crippen molar-refractivity contribution in [2.75, 3.05) is 5.75 Å². The van der Waals surface area contributed by atoms with Gasteiger partial charge in [0.25, 0.3) is 0 Å². The fourth-order valence-corrected chi connectivity index (χ4v) is 3.53. The van der Waals surface area contributed by atoms with E-state index < -0.39 is 0 Å². The predicted molar refractivity (Wildman–Crippen MR) is 110 cm³/mol. The van der Waals surface area contributed by atoms with Crippen LogP contribution in [0.1, 0.15) is 37.4 Å². The van der Waals surface area contributed by atoms with Crippen LogP contribution in [0, 0.1) is 0 Å². The van der Waals surface area contributed by atoms with Crippen molar-refractivity contribution in [3.8, 4) is 5.75 Å². The van der Waals surface area contributed by atoms with Crippen molar-refractivity contribution in [3.63, 3.8) is 0 Å². The van der Waals surface area contributed by atoms with Gasteiger partial charge in [0.15, 0.2) is 17.1 Å². The number of hydrogen-bond donors (Lipinski definition) is 1. The Labute approximate surface area is 169 Å². The summed E-state index contributed by atoms with van der Waals surface area (Å²) in [5.41, 5.74) is 1.08. The maximum Gasteiger partial charge on any atom is 0.230 e. The Morgan fingerprint density at radius 3 is 2.39 bits per heavy atom. The lowest BCUT2D eigenvalue weighted by Crippen LogP contribution is -2.28.